The number of rotatable bonds is 8. The molecule has 0 bridgehead atoms. The zero-order valence-corrected chi connectivity index (χ0v) is 17.4. The van der Waals surface area contributed by atoms with Gasteiger partial charge in [-0.2, -0.15) is 0 Å². The fourth-order valence-corrected chi connectivity index (χ4v) is 4.55. The zero-order chi connectivity index (χ0) is 19.1. The summed E-state index contributed by atoms with van der Waals surface area (Å²) >= 11 is 4.76. The van der Waals surface area contributed by atoms with Gasteiger partial charge in [-0.3, -0.25) is 10.1 Å². The van der Waals surface area contributed by atoms with Crippen molar-refractivity contribution in [2.45, 2.75) is 16.4 Å². The van der Waals surface area contributed by atoms with Gasteiger partial charge < -0.3 is 4.74 Å². The number of benzene rings is 2. The van der Waals surface area contributed by atoms with E-state index in [4.69, 9.17) is 4.74 Å². The van der Waals surface area contributed by atoms with Gasteiger partial charge in [0.1, 0.15) is 10.8 Å². The van der Waals surface area contributed by atoms with E-state index in [2.05, 4.69) is 27.6 Å². The fraction of sp³-hybridized carbons (Fsp3) is 0.211. The fourth-order valence-electron chi connectivity index (χ4n) is 2.34. The predicted molar refractivity (Wildman–Crippen MR) is 114 cm³/mol. The van der Waals surface area contributed by atoms with E-state index >= 15 is 0 Å². The molecule has 0 unspecified atom stereocenters. The van der Waals surface area contributed by atoms with Crippen LogP contribution in [0.4, 0.5) is 5.13 Å². The first kappa shape index (κ1) is 19.7. The highest BCUT2D eigenvalue weighted by atomic mass is 32.2. The molecule has 0 aliphatic heterocycles. The second-order valence-electron chi connectivity index (χ2n) is 5.50. The number of aromatic nitrogens is 2. The summed E-state index contributed by atoms with van der Waals surface area (Å²) in [5.74, 6) is 1.97. The Bertz CT molecular complexity index is 900. The van der Waals surface area contributed by atoms with Crippen LogP contribution in [0, 0.1) is 0 Å². The molecule has 0 saturated carbocycles. The van der Waals surface area contributed by atoms with Crippen molar-refractivity contribution in [2.24, 2.45) is 0 Å². The lowest BCUT2D eigenvalue weighted by atomic mass is 10.2. The largest absolute Gasteiger partial charge is 0.496 e. The maximum absolute atomic E-state index is 12.5. The SMILES string of the molecule is COc1cc(SC)ccc1C(=O)Nc1nnc(CSCc2ccccc2)s1. The smallest absolute Gasteiger partial charge is 0.261 e. The minimum Gasteiger partial charge on any atom is -0.496 e. The van der Waals surface area contributed by atoms with Crippen LogP contribution in [0.5, 0.6) is 5.75 Å². The van der Waals surface area contributed by atoms with Crippen molar-refractivity contribution >= 4 is 45.9 Å². The van der Waals surface area contributed by atoms with E-state index in [-0.39, 0.29) is 5.91 Å². The van der Waals surface area contributed by atoms with Crippen LogP contribution in [0.3, 0.4) is 0 Å². The lowest BCUT2D eigenvalue weighted by molar-refractivity contribution is 0.102. The van der Waals surface area contributed by atoms with Crippen molar-refractivity contribution in [3.8, 4) is 5.75 Å². The Labute approximate surface area is 170 Å². The quantitative estimate of drug-likeness (QED) is 0.523. The first-order valence-electron chi connectivity index (χ1n) is 8.17. The number of anilines is 1. The number of ether oxygens (including phenoxy) is 1. The van der Waals surface area contributed by atoms with E-state index < -0.39 is 0 Å². The predicted octanol–water partition coefficient (Wildman–Crippen LogP) is 4.95. The van der Waals surface area contributed by atoms with Crippen LogP contribution in [-0.2, 0) is 11.5 Å². The van der Waals surface area contributed by atoms with Crippen molar-refractivity contribution in [1.82, 2.24) is 10.2 Å². The zero-order valence-electron chi connectivity index (χ0n) is 15.0. The minimum absolute atomic E-state index is 0.251. The number of hydrogen-bond acceptors (Lipinski definition) is 7. The van der Waals surface area contributed by atoms with Crippen LogP contribution in [0.15, 0.2) is 53.4 Å². The van der Waals surface area contributed by atoms with E-state index in [0.717, 1.165) is 21.4 Å². The average Bonchev–Trinajstić information content (AvgIpc) is 3.15. The van der Waals surface area contributed by atoms with E-state index in [0.29, 0.717) is 16.4 Å². The van der Waals surface area contributed by atoms with Crippen molar-refractivity contribution in [1.29, 1.82) is 0 Å². The molecule has 1 heterocycles. The van der Waals surface area contributed by atoms with Gasteiger partial charge in [0.25, 0.3) is 5.91 Å². The molecule has 0 atom stereocenters. The van der Waals surface area contributed by atoms with Gasteiger partial charge in [0.15, 0.2) is 0 Å². The maximum atomic E-state index is 12.5. The summed E-state index contributed by atoms with van der Waals surface area (Å²) in [6.45, 7) is 0. The van der Waals surface area contributed by atoms with Crippen LogP contribution in [0.2, 0.25) is 0 Å². The number of nitrogens with zero attached hydrogens (tertiary/aromatic N) is 2. The van der Waals surface area contributed by atoms with E-state index in [9.17, 15) is 4.79 Å². The Morgan fingerprint density at radius 2 is 1.96 bits per heavy atom. The second-order valence-corrected chi connectivity index (χ2v) is 8.43. The Hall–Kier alpha value is -2.03. The summed E-state index contributed by atoms with van der Waals surface area (Å²) in [5, 5.41) is 12.4. The number of amides is 1. The van der Waals surface area contributed by atoms with Crippen molar-refractivity contribution in [2.75, 3.05) is 18.7 Å². The number of hydrogen-bond donors (Lipinski definition) is 1. The third-order valence-electron chi connectivity index (χ3n) is 3.68. The van der Waals surface area contributed by atoms with Crippen LogP contribution in [0.25, 0.3) is 0 Å². The van der Waals surface area contributed by atoms with E-state index in [1.807, 2.05) is 36.6 Å². The van der Waals surface area contributed by atoms with Gasteiger partial charge in [-0.15, -0.1) is 33.7 Å². The first-order chi connectivity index (χ1) is 13.2. The molecule has 3 aromatic rings. The minimum atomic E-state index is -0.251. The van der Waals surface area contributed by atoms with Gasteiger partial charge in [0.05, 0.1) is 12.7 Å². The summed E-state index contributed by atoms with van der Waals surface area (Å²) in [7, 11) is 1.56. The molecule has 0 aliphatic rings. The lowest BCUT2D eigenvalue weighted by Gasteiger charge is -2.09. The molecule has 1 amide bonds. The molecule has 1 aromatic heterocycles. The highest BCUT2D eigenvalue weighted by Crippen LogP contribution is 2.27. The second kappa shape index (κ2) is 9.77. The van der Waals surface area contributed by atoms with Crippen LogP contribution < -0.4 is 10.1 Å². The molecule has 5 nitrogen and oxygen atoms in total. The molecule has 27 heavy (non-hydrogen) atoms. The molecule has 0 saturated heterocycles. The summed E-state index contributed by atoms with van der Waals surface area (Å²) in [4.78, 5) is 13.6. The summed E-state index contributed by atoms with van der Waals surface area (Å²) in [6, 6.07) is 15.8. The Kier molecular flexibility index (Phi) is 7.14. The van der Waals surface area contributed by atoms with Gasteiger partial charge in [0, 0.05) is 16.4 Å². The van der Waals surface area contributed by atoms with Gasteiger partial charge in [-0.25, -0.2) is 0 Å². The molecule has 0 fully saturated rings. The summed E-state index contributed by atoms with van der Waals surface area (Å²) in [5.41, 5.74) is 1.76. The number of carbonyl (C=O) groups is 1. The Morgan fingerprint density at radius 3 is 2.70 bits per heavy atom. The number of carbonyl (C=O) groups excluding carboxylic acids is 1. The van der Waals surface area contributed by atoms with Crippen molar-refractivity contribution in [3.63, 3.8) is 0 Å². The topological polar surface area (TPSA) is 64.1 Å². The van der Waals surface area contributed by atoms with Crippen molar-refractivity contribution < 1.29 is 9.53 Å². The molecule has 2 aromatic carbocycles. The molecule has 1 N–H and O–H groups in total. The third kappa shape index (κ3) is 5.47. The molecule has 8 heteroatoms. The van der Waals surface area contributed by atoms with Gasteiger partial charge in [-0.05, 0) is 30.0 Å². The first-order valence-corrected chi connectivity index (χ1v) is 11.4. The number of methoxy groups -OCH3 is 1. The van der Waals surface area contributed by atoms with E-state index in [1.165, 1.54) is 16.9 Å². The maximum Gasteiger partial charge on any atom is 0.261 e. The summed E-state index contributed by atoms with van der Waals surface area (Å²) < 4.78 is 5.34. The van der Waals surface area contributed by atoms with Crippen LogP contribution in [0.1, 0.15) is 20.9 Å². The molecule has 0 radical (unpaired) electrons. The number of nitrogens with one attached hydrogen (secondary N) is 1. The van der Waals surface area contributed by atoms with Crippen LogP contribution >= 0.6 is 34.9 Å². The molecule has 140 valence electrons. The monoisotopic (exact) mass is 417 g/mol. The highest BCUT2D eigenvalue weighted by molar-refractivity contribution is 7.98. The normalized spacial score (nSPS) is 10.6. The molecule has 0 aliphatic carbocycles. The standard InChI is InChI=1S/C19H19N3O2S3/c1-24-16-10-14(25-2)8-9-15(16)18(23)20-19-22-21-17(27-19)12-26-11-13-6-4-3-5-7-13/h3-10H,11-12H2,1-2H3,(H,20,22,23). The third-order valence-corrected chi connectivity index (χ3v) is 6.44. The van der Waals surface area contributed by atoms with Gasteiger partial charge in [0.2, 0.25) is 5.13 Å². The summed E-state index contributed by atoms with van der Waals surface area (Å²) in [6.07, 6.45) is 1.98. The van der Waals surface area contributed by atoms with Crippen molar-refractivity contribution in [3.05, 3.63) is 64.7 Å². The molecule has 0 spiro atoms. The Balaban J connectivity index is 1.58. The highest BCUT2D eigenvalue weighted by Gasteiger charge is 2.15. The van der Waals surface area contributed by atoms with Gasteiger partial charge in [-0.1, -0.05) is 41.7 Å². The van der Waals surface area contributed by atoms with Gasteiger partial charge >= 0.3 is 0 Å². The molecular formula is C19H19N3O2S3. The Morgan fingerprint density at radius 1 is 1.15 bits per heavy atom. The average molecular weight is 418 g/mol. The number of thioether (sulfide) groups is 2. The lowest BCUT2D eigenvalue weighted by Crippen LogP contribution is -2.13. The van der Waals surface area contributed by atoms with E-state index in [1.54, 1.807) is 36.7 Å². The molecular weight excluding hydrogens is 398 g/mol. The van der Waals surface area contributed by atoms with Crippen LogP contribution in [-0.4, -0.2) is 29.5 Å². The molecule has 3 rings (SSSR count).